The summed E-state index contributed by atoms with van der Waals surface area (Å²) in [5, 5.41) is 16.3. The summed E-state index contributed by atoms with van der Waals surface area (Å²) in [7, 11) is 2.48. The molecule has 0 spiro atoms. The quantitative estimate of drug-likeness (QED) is 0.260. The molecule has 0 bridgehead atoms. The number of hydrogen-bond acceptors (Lipinski definition) is 7. The van der Waals surface area contributed by atoms with Crippen molar-refractivity contribution >= 4 is 15.0 Å². The van der Waals surface area contributed by atoms with Gasteiger partial charge in [0.1, 0.15) is 5.75 Å². The molecule has 3 N–H and O–H groups in total. The van der Waals surface area contributed by atoms with Crippen molar-refractivity contribution in [1.82, 2.24) is 10.6 Å². The molecule has 142 valence electrons. The van der Waals surface area contributed by atoms with Crippen LogP contribution < -0.4 is 10.6 Å². The van der Waals surface area contributed by atoms with Crippen LogP contribution >= 0.6 is 0 Å². The zero-order valence-corrected chi connectivity index (χ0v) is 16.5. The number of nitrogens with zero attached hydrogens (tertiary/aromatic N) is 1. The molecular formula is C17H31N3O4Si. The lowest BCUT2D eigenvalue weighted by Crippen LogP contribution is -2.43. The molecule has 1 rings (SSSR count). The van der Waals surface area contributed by atoms with Crippen LogP contribution in [-0.2, 0) is 13.3 Å². The normalized spacial score (nSPS) is 12.1. The second kappa shape index (κ2) is 13.0. The molecule has 1 aromatic rings. The number of benzene rings is 1. The molecule has 8 heteroatoms. The molecule has 0 fully saturated rings. The van der Waals surface area contributed by atoms with Gasteiger partial charge >= 0.3 is 8.80 Å². The minimum Gasteiger partial charge on any atom is -0.507 e. The monoisotopic (exact) mass is 369 g/mol. The Bertz CT molecular complexity index is 490. The van der Waals surface area contributed by atoms with E-state index < -0.39 is 8.80 Å². The van der Waals surface area contributed by atoms with Gasteiger partial charge in [-0.3, -0.25) is 4.99 Å². The number of rotatable bonds is 14. The minimum atomic E-state index is -2.43. The van der Waals surface area contributed by atoms with Gasteiger partial charge in [-0.25, -0.2) is 0 Å². The second-order valence-corrected chi connectivity index (χ2v) is 8.58. The summed E-state index contributed by atoms with van der Waals surface area (Å²) in [6, 6.07) is 7.97. The molecule has 0 heterocycles. The van der Waals surface area contributed by atoms with Crippen molar-refractivity contribution in [2.24, 2.45) is 4.99 Å². The van der Waals surface area contributed by atoms with Crippen LogP contribution in [0.4, 0.5) is 0 Å². The fourth-order valence-electron chi connectivity index (χ4n) is 2.32. The Morgan fingerprint density at radius 1 is 1.00 bits per heavy atom. The molecule has 0 aliphatic rings. The van der Waals surface area contributed by atoms with Crippen LogP contribution in [0.1, 0.15) is 12.0 Å². The van der Waals surface area contributed by atoms with Crippen molar-refractivity contribution in [1.29, 1.82) is 0 Å². The number of nitrogens with one attached hydrogen (secondary N) is 2. The van der Waals surface area contributed by atoms with Crippen molar-refractivity contribution in [3.63, 3.8) is 0 Å². The highest BCUT2D eigenvalue weighted by molar-refractivity contribution is 6.60. The Morgan fingerprint density at radius 2 is 1.64 bits per heavy atom. The maximum atomic E-state index is 9.62. The summed E-state index contributed by atoms with van der Waals surface area (Å²) in [6.07, 6.45) is 2.65. The third-order valence-electron chi connectivity index (χ3n) is 3.83. The van der Waals surface area contributed by atoms with Gasteiger partial charge in [0.05, 0.1) is 6.54 Å². The first-order valence-electron chi connectivity index (χ1n) is 8.52. The van der Waals surface area contributed by atoms with E-state index in [2.05, 4.69) is 15.6 Å². The first-order valence-corrected chi connectivity index (χ1v) is 10.5. The number of para-hydroxylation sites is 1. The minimum absolute atomic E-state index is 0.255. The summed E-state index contributed by atoms with van der Waals surface area (Å²) in [4.78, 5) is 4.30. The highest BCUT2D eigenvalue weighted by Crippen LogP contribution is 2.14. The molecule has 0 saturated carbocycles. The number of aromatic hydroxyl groups is 1. The second-order valence-electron chi connectivity index (χ2n) is 5.49. The third-order valence-corrected chi connectivity index (χ3v) is 6.66. The summed E-state index contributed by atoms with van der Waals surface area (Å²) in [5.41, 5.74) is 0.743. The SMILES string of the molecule is CO[Si](CCCNCCNCCN=Cc1ccccc1O)(OC)OC. The van der Waals surface area contributed by atoms with Gasteiger partial charge in [0.2, 0.25) is 0 Å². The molecule has 0 aliphatic carbocycles. The molecular weight excluding hydrogens is 338 g/mol. The predicted molar refractivity (Wildman–Crippen MR) is 103 cm³/mol. The van der Waals surface area contributed by atoms with E-state index in [4.69, 9.17) is 13.3 Å². The lowest BCUT2D eigenvalue weighted by atomic mass is 10.2. The maximum Gasteiger partial charge on any atom is 0.500 e. The zero-order valence-electron chi connectivity index (χ0n) is 15.5. The lowest BCUT2D eigenvalue weighted by molar-refractivity contribution is 0.123. The van der Waals surface area contributed by atoms with Crippen molar-refractivity contribution in [2.45, 2.75) is 12.5 Å². The number of phenolic OH excluding ortho intramolecular Hbond substituents is 1. The lowest BCUT2D eigenvalue weighted by Gasteiger charge is -2.24. The van der Waals surface area contributed by atoms with E-state index in [0.29, 0.717) is 6.54 Å². The van der Waals surface area contributed by atoms with Crippen LogP contribution in [0.2, 0.25) is 6.04 Å². The van der Waals surface area contributed by atoms with E-state index in [1.54, 1.807) is 39.7 Å². The Balaban J connectivity index is 2.00. The maximum absolute atomic E-state index is 9.62. The highest BCUT2D eigenvalue weighted by atomic mass is 28.4. The van der Waals surface area contributed by atoms with Crippen molar-refractivity contribution in [3.8, 4) is 5.75 Å². The number of aliphatic imine (C=N–C) groups is 1. The van der Waals surface area contributed by atoms with Crippen LogP contribution in [0.15, 0.2) is 29.3 Å². The molecule has 0 amide bonds. The summed E-state index contributed by atoms with van der Waals surface area (Å²) in [6.45, 7) is 4.16. The van der Waals surface area contributed by atoms with Crippen LogP contribution in [0, 0.1) is 0 Å². The van der Waals surface area contributed by atoms with Crippen LogP contribution in [-0.4, -0.2) is 74.2 Å². The summed E-state index contributed by atoms with van der Waals surface area (Å²) >= 11 is 0. The Labute approximate surface area is 151 Å². The molecule has 0 radical (unpaired) electrons. The predicted octanol–water partition coefficient (Wildman–Crippen LogP) is 1.26. The fourth-order valence-corrected chi connectivity index (χ4v) is 4.04. The van der Waals surface area contributed by atoms with Gasteiger partial charge in [-0.05, 0) is 25.1 Å². The van der Waals surface area contributed by atoms with E-state index in [0.717, 1.165) is 44.2 Å². The number of hydrogen-bond donors (Lipinski definition) is 3. The largest absolute Gasteiger partial charge is 0.507 e. The molecule has 7 nitrogen and oxygen atoms in total. The average Bonchev–Trinajstić information content (AvgIpc) is 2.65. The molecule has 25 heavy (non-hydrogen) atoms. The molecule has 0 unspecified atom stereocenters. The molecule has 0 aromatic heterocycles. The Morgan fingerprint density at radius 3 is 2.28 bits per heavy atom. The standard InChI is InChI=1S/C17H31N3O4Si/c1-22-25(23-2,24-3)14-6-9-18-10-11-19-12-13-20-15-16-7-4-5-8-17(16)21/h4-5,7-8,15,18-19,21H,6,9-14H2,1-3H3. The van der Waals surface area contributed by atoms with E-state index in [-0.39, 0.29) is 5.75 Å². The van der Waals surface area contributed by atoms with Gasteiger partial charge in [0, 0.05) is 58.8 Å². The fraction of sp³-hybridized carbons (Fsp3) is 0.588. The first-order chi connectivity index (χ1) is 12.2. The molecule has 0 atom stereocenters. The van der Waals surface area contributed by atoms with E-state index in [9.17, 15) is 5.11 Å². The third kappa shape index (κ3) is 8.57. The molecule has 0 saturated heterocycles. The first kappa shape index (κ1) is 21.7. The van der Waals surface area contributed by atoms with Crippen LogP contribution in [0.5, 0.6) is 5.75 Å². The van der Waals surface area contributed by atoms with E-state index in [1.165, 1.54) is 0 Å². The zero-order chi connectivity index (χ0) is 18.4. The Hall–Kier alpha value is -1.29. The van der Waals surface area contributed by atoms with Gasteiger partial charge in [0.25, 0.3) is 0 Å². The average molecular weight is 370 g/mol. The van der Waals surface area contributed by atoms with Crippen molar-refractivity contribution in [3.05, 3.63) is 29.8 Å². The van der Waals surface area contributed by atoms with Gasteiger partial charge in [-0.1, -0.05) is 12.1 Å². The van der Waals surface area contributed by atoms with Crippen LogP contribution in [0.25, 0.3) is 0 Å². The number of phenols is 1. The molecule has 0 aliphatic heterocycles. The van der Waals surface area contributed by atoms with Gasteiger partial charge in [-0.2, -0.15) is 0 Å². The van der Waals surface area contributed by atoms with Gasteiger partial charge in [0.15, 0.2) is 0 Å². The highest BCUT2D eigenvalue weighted by Gasteiger charge is 2.36. The smallest absolute Gasteiger partial charge is 0.500 e. The Kier molecular flexibility index (Phi) is 11.3. The van der Waals surface area contributed by atoms with Crippen molar-refractivity contribution < 1.29 is 18.4 Å². The summed E-state index contributed by atoms with van der Waals surface area (Å²) < 4.78 is 16.2. The van der Waals surface area contributed by atoms with Gasteiger partial charge < -0.3 is 29.0 Å². The van der Waals surface area contributed by atoms with E-state index in [1.807, 2.05) is 12.1 Å². The molecule has 1 aromatic carbocycles. The topological polar surface area (TPSA) is 84.3 Å². The van der Waals surface area contributed by atoms with Crippen LogP contribution in [0.3, 0.4) is 0 Å². The van der Waals surface area contributed by atoms with Crippen molar-refractivity contribution in [2.75, 3.05) is 54.1 Å². The van der Waals surface area contributed by atoms with E-state index >= 15 is 0 Å². The summed E-state index contributed by atoms with van der Waals surface area (Å²) in [5.74, 6) is 0.255. The van der Waals surface area contributed by atoms with Gasteiger partial charge in [-0.15, -0.1) is 0 Å².